The average molecular weight is 508 g/mol. The molecule has 0 saturated heterocycles. The van der Waals surface area contributed by atoms with Gasteiger partial charge in [-0.3, -0.25) is 4.79 Å². The topological polar surface area (TPSA) is 65.5 Å². The Morgan fingerprint density at radius 2 is 1.59 bits per heavy atom. The van der Waals surface area contributed by atoms with E-state index in [4.69, 9.17) is 0 Å². The molecule has 0 fully saturated rings. The van der Waals surface area contributed by atoms with Gasteiger partial charge in [0.15, 0.2) is 5.96 Å². The molecule has 2 aromatic rings. The van der Waals surface area contributed by atoms with Gasteiger partial charge in [-0.15, -0.1) is 24.0 Å². The van der Waals surface area contributed by atoms with Crippen LogP contribution in [0.4, 0.5) is 0 Å². The second kappa shape index (κ2) is 14.0. The number of aryl methyl sites for hydroxylation is 1. The van der Waals surface area contributed by atoms with Crippen LogP contribution in [0, 0.1) is 0 Å². The van der Waals surface area contributed by atoms with Crippen molar-refractivity contribution in [1.82, 2.24) is 16.0 Å². The van der Waals surface area contributed by atoms with Gasteiger partial charge < -0.3 is 16.0 Å². The molecule has 6 heteroatoms. The van der Waals surface area contributed by atoms with Crippen molar-refractivity contribution in [2.24, 2.45) is 4.99 Å². The second-order valence-corrected chi connectivity index (χ2v) is 6.82. The SMILES string of the molecule is CCNC(=O)c1ccc(CN=C(NCC)NC(C)CCc2ccccc2)cc1.I. The lowest BCUT2D eigenvalue weighted by atomic mass is 10.1. The third-order valence-electron chi connectivity index (χ3n) is 4.41. The number of nitrogens with zero attached hydrogens (tertiary/aromatic N) is 1. The van der Waals surface area contributed by atoms with Crippen molar-refractivity contribution in [2.45, 2.75) is 46.2 Å². The van der Waals surface area contributed by atoms with Gasteiger partial charge in [-0.05, 0) is 56.9 Å². The highest BCUT2D eigenvalue weighted by molar-refractivity contribution is 14.0. The van der Waals surface area contributed by atoms with Gasteiger partial charge in [0.2, 0.25) is 0 Å². The lowest BCUT2D eigenvalue weighted by Crippen LogP contribution is -2.42. The zero-order chi connectivity index (χ0) is 20.2. The molecule has 0 heterocycles. The number of aliphatic imine (C=N–C) groups is 1. The molecule has 2 rings (SSSR count). The Balaban J connectivity index is 0.00000420. The molecule has 1 unspecified atom stereocenters. The van der Waals surface area contributed by atoms with Gasteiger partial charge >= 0.3 is 0 Å². The molecule has 2 aromatic carbocycles. The Morgan fingerprint density at radius 3 is 2.21 bits per heavy atom. The summed E-state index contributed by atoms with van der Waals surface area (Å²) < 4.78 is 0. The summed E-state index contributed by atoms with van der Waals surface area (Å²) in [6, 6.07) is 18.4. The molecule has 0 aliphatic heterocycles. The van der Waals surface area contributed by atoms with Crippen LogP contribution in [-0.4, -0.2) is 31.0 Å². The fraction of sp³-hybridized carbons (Fsp3) is 0.391. The summed E-state index contributed by atoms with van der Waals surface area (Å²) >= 11 is 0. The largest absolute Gasteiger partial charge is 0.357 e. The van der Waals surface area contributed by atoms with Crippen LogP contribution in [0.2, 0.25) is 0 Å². The summed E-state index contributed by atoms with van der Waals surface area (Å²) in [7, 11) is 0. The van der Waals surface area contributed by atoms with Crippen LogP contribution in [0.5, 0.6) is 0 Å². The molecule has 0 bridgehead atoms. The Kier molecular flexibility index (Phi) is 12.0. The van der Waals surface area contributed by atoms with Crippen molar-refractivity contribution in [3.63, 3.8) is 0 Å². The van der Waals surface area contributed by atoms with E-state index in [1.807, 2.05) is 37.3 Å². The Morgan fingerprint density at radius 1 is 0.931 bits per heavy atom. The van der Waals surface area contributed by atoms with Gasteiger partial charge in [-0.2, -0.15) is 0 Å². The lowest BCUT2D eigenvalue weighted by molar-refractivity contribution is 0.0956. The number of nitrogens with one attached hydrogen (secondary N) is 3. The number of amides is 1. The summed E-state index contributed by atoms with van der Waals surface area (Å²) in [5.41, 5.74) is 3.10. The van der Waals surface area contributed by atoms with E-state index >= 15 is 0 Å². The lowest BCUT2D eigenvalue weighted by Gasteiger charge is -2.18. The van der Waals surface area contributed by atoms with Gasteiger partial charge in [-0.25, -0.2) is 4.99 Å². The number of guanidine groups is 1. The zero-order valence-corrected chi connectivity index (χ0v) is 19.9. The molecule has 1 amide bonds. The fourth-order valence-corrected chi connectivity index (χ4v) is 2.85. The molecule has 3 N–H and O–H groups in total. The first-order valence-corrected chi connectivity index (χ1v) is 10.1. The predicted molar refractivity (Wildman–Crippen MR) is 132 cm³/mol. The zero-order valence-electron chi connectivity index (χ0n) is 17.6. The summed E-state index contributed by atoms with van der Waals surface area (Å²) in [5.74, 6) is 0.774. The van der Waals surface area contributed by atoms with E-state index in [1.54, 1.807) is 0 Å². The van der Waals surface area contributed by atoms with E-state index in [2.05, 4.69) is 59.1 Å². The van der Waals surface area contributed by atoms with E-state index in [0.717, 1.165) is 30.9 Å². The first-order chi connectivity index (χ1) is 13.6. The molecule has 0 aliphatic carbocycles. The number of hydrogen-bond acceptors (Lipinski definition) is 2. The van der Waals surface area contributed by atoms with Crippen LogP contribution < -0.4 is 16.0 Å². The molecule has 0 saturated carbocycles. The van der Waals surface area contributed by atoms with Crippen molar-refractivity contribution in [1.29, 1.82) is 0 Å². The smallest absolute Gasteiger partial charge is 0.251 e. The first-order valence-electron chi connectivity index (χ1n) is 10.1. The molecule has 0 aliphatic rings. The Bertz CT molecular complexity index is 747. The predicted octanol–water partition coefficient (Wildman–Crippen LogP) is 4.13. The average Bonchev–Trinajstić information content (AvgIpc) is 2.72. The monoisotopic (exact) mass is 508 g/mol. The number of carbonyl (C=O) groups excluding carboxylic acids is 1. The quantitative estimate of drug-likeness (QED) is 0.271. The third-order valence-corrected chi connectivity index (χ3v) is 4.41. The number of hydrogen-bond donors (Lipinski definition) is 3. The van der Waals surface area contributed by atoms with Crippen molar-refractivity contribution in [2.75, 3.05) is 13.1 Å². The third kappa shape index (κ3) is 9.30. The maximum absolute atomic E-state index is 11.8. The van der Waals surface area contributed by atoms with Crippen LogP contribution in [0.15, 0.2) is 59.6 Å². The summed E-state index contributed by atoms with van der Waals surface area (Å²) in [6.45, 7) is 8.16. The van der Waals surface area contributed by atoms with Gasteiger partial charge in [-0.1, -0.05) is 42.5 Å². The minimum absolute atomic E-state index is 0. The summed E-state index contributed by atoms with van der Waals surface area (Å²) in [6.07, 6.45) is 2.07. The number of rotatable bonds is 9. The van der Waals surface area contributed by atoms with Crippen LogP contribution in [0.25, 0.3) is 0 Å². The highest BCUT2D eigenvalue weighted by atomic mass is 127. The van der Waals surface area contributed by atoms with Crippen LogP contribution >= 0.6 is 24.0 Å². The Hall–Kier alpha value is -2.09. The molecule has 5 nitrogen and oxygen atoms in total. The van der Waals surface area contributed by atoms with Crippen LogP contribution in [-0.2, 0) is 13.0 Å². The normalized spacial score (nSPS) is 11.9. The van der Waals surface area contributed by atoms with Crippen molar-refractivity contribution in [3.05, 3.63) is 71.3 Å². The standard InChI is InChI=1S/C23H32N4O.HI/c1-4-24-22(28)21-15-13-20(14-16-21)17-26-23(25-5-2)27-18(3)11-12-19-9-7-6-8-10-19;/h6-10,13-16,18H,4-5,11-12,17H2,1-3H3,(H,24,28)(H2,25,26,27);1H. The first kappa shape index (κ1) is 24.9. The molecular weight excluding hydrogens is 475 g/mol. The summed E-state index contributed by atoms with van der Waals surface area (Å²) in [4.78, 5) is 16.5. The molecular formula is C23H33IN4O. The van der Waals surface area contributed by atoms with Gasteiger partial charge in [0, 0.05) is 24.7 Å². The van der Waals surface area contributed by atoms with Gasteiger partial charge in [0.05, 0.1) is 6.54 Å². The van der Waals surface area contributed by atoms with E-state index in [0.29, 0.717) is 24.7 Å². The van der Waals surface area contributed by atoms with Crippen molar-refractivity contribution < 1.29 is 4.79 Å². The molecule has 1 atom stereocenters. The molecule has 0 spiro atoms. The molecule has 0 radical (unpaired) electrons. The Labute approximate surface area is 191 Å². The van der Waals surface area contributed by atoms with Crippen LogP contribution in [0.1, 0.15) is 48.7 Å². The van der Waals surface area contributed by atoms with Crippen molar-refractivity contribution >= 4 is 35.8 Å². The van der Waals surface area contributed by atoms with E-state index in [-0.39, 0.29) is 29.9 Å². The maximum atomic E-state index is 11.8. The van der Waals surface area contributed by atoms with Crippen LogP contribution in [0.3, 0.4) is 0 Å². The minimum atomic E-state index is -0.0419. The number of benzene rings is 2. The number of carbonyl (C=O) groups is 1. The van der Waals surface area contributed by atoms with Crippen molar-refractivity contribution in [3.8, 4) is 0 Å². The minimum Gasteiger partial charge on any atom is -0.357 e. The highest BCUT2D eigenvalue weighted by Gasteiger charge is 2.06. The molecule has 29 heavy (non-hydrogen) atoms. The van der Waals surface area contributed by atoms with E-state index < -0.39 is 0 Å². The number of halogens is 1. The maximum Gasteiger partial charge on any atom is 0.251 e. The van der Waals surface area contributed by atoms with E-state index in [9.17, 15) is 4.79 Å². The summed E-state index contributed by atoms with van der Waals surface area (Å²) in [5, 5.41) is 9.59. The molecule has 0 aromatic heterocycles. The van der Waals surface area contributed by atoms with Gasteiger partial charge in [0.25, 0.3) is 5.91 Å². The highest BCUT2D eigenvalue weighted by Crippen LogP contribution is 2.07. The second-order valence-electron chi connectivity index (χ2n) is 6.82. The van der Waals surface area contributed by atoms with E-state index in [1.165, 1.54) is 5.56 Å². The fourth-order valence-electron chi connectivity index (χ4n) is 2.85. The molecule has 158 valence electrons. The van der Waals surface area contributed by atoms with Gasteiger partial charge in [0.1, 0.15) is 0 Å².